The van der Waals surface area contributed by atoms with E-state index in [1.54, 1.807) is 61.5 Å². The third-order valence-electron chi connectivity index (χ3n) is 19.5. The molecule has 107 heavy (non-hydrogen) atoms. The summed E-state index contributed by atoms with van der Waals surface area (Å²) in [5, 5.41) is 33.0. The van der Waals surface area contributed by atoms with E-state index in [2.05, 4.69) is 48.6 Å². The molecule has 4 amide bonds. The molecule has 6 heterocycles. The highest BCUT2D eigenvalue weighted by molar-refractivity contribution is 7.97. The first-order chi connectivity index (χ1) is 50.3. The van der Waals surface area contributed by atoms with Crippen molar-refractivity contribution < 1.29 is 69.7 Å². The number of rotatable bonds is 21. The largest absolute Gasteiger partial charge is 0.490 e. The highest BCUT2D eigenvalue weighted by Gasteiger charge is 2.38. The number of aliphatic hydroxyl groups is 2. The number of likely N-dealkylation sites (tertiary alicyclic amines) is 4. The van der Waals surface area contributed by atoms with Gasteiger partial charge in [-0.3, -0.25) is 24.2 Å². The molecule has 13 rings (SSSR count). The van der Waals surface area contributed by atoms with E-state index in [1.807, 2.05) is 70.7 Å². The fourth-order valence-electron chi connectivity index (χ4n) is 13.9. The molecular weight excluding hydrogens is 1500 g/mol. The summed E-state index contributed by atoms with van der Waals surface area (Å²) in [6, 6.07) is 39.1. The maximum absolute atomic E-state index is 13.4. The van der Waals surface area contributed by atoms with Gasteiger partial charge in [-0.25, -0.2) is 21.9 Å². The Morgan fingerprint density at radius 2 is 1.44 bits per heavy atom. The van der Waals surface area contributed by atoms with Crippen LogP contribution in [0.5, 0.6) is 17.2 Å². The first-order valence-corrected chi connectivity index (χ1v) is 39.7. The number of aliphatic hydroxyl groups excluding tert-OH is 1. The van der Waals surface area contributed by atoms with E-state index in [0.29, 0.717) is 97.9 Å². The Morgan fingerprint density at radius 3 is 2.16 bits per heavy atom. The molecule has 0 radical (unpaired) electrons. The molecule has 0 unspecified atom stereocenters. The van der Waals surface area contributed by atoms with Crippen molar-refractivity contribution in [1.82, 2.24) is 39.5 Å². The van der Waals surface area contributed by atoms with Gasteiger partial charge in [-0.2, -0.15) is 0 Å². The number of fused-ring (bicyclic) bond motifs is 2. The van der Waals surface area contributed by atoms with Gasteiger partial charge in [0.15, 0.2) is 9.84 Å². The van der Waals surface area contributed by atoms with Crippen molar-refractivity contribution in [3.8, 4) is 17.2 Å². The molecule has 5 fully saturated rings. The molecule has 0 spiro atoms. The Hall–Kier alpha value is -7.31. The predicted molar refractivity (Wildman–Crippen MR) is 432 cm³/mol. The van der Waals surface area contributed by atoms with Crippen molar-refractivity contribution >= 4 is 113 Å². The number of benzene rings is 7. The molecule has 586 valence electrons. The van der Waals surface area contributed by atoms with Crippen molar-refractivity contribution in [2.45, 2.75) is 112 Å². The number of hydrogen-bond acceptors (Lipinski definition) is 16. The molecule has 10 N–H and O–H groups in total. The molecule has 1 aromatic heterocycles. The van der Waals surface area contributed by atoms with Crippen LogP contribution in [0.15, 0.2) is 154 Å². The van der Waals surface area contributed by atoms with Crippen LogP contribution in [0.4, 0.5) is 14.9 Å². The van der Waals surface area contributed by atoms with E-state index in [1.165, 1.54) is 41.9 Å². The van der Waals surface area contributed by atoms with Crippen LogP contribution in [-0.4, -0.2) is 204 Å². The first kappa shape index (κ1) is 83.7. The molecule has 2 atom stereocenters. The lowest BCUT2D eigenvalue weighted by Crippen LogP contribution is -2.56. The summed E-state index contributed by atoms with van der Waals surface area (Å²) in [5.41, 5.74) is 2.55. The molecular formula is C78H104Cl4FN9O13S2. The Morgan fingerprint density at radius 1 is 0.748 bits per heavy atom. The number of halogens is 5. The van der Waals surface area contributed by atoms with E-state index in [-0.39, 0.29) is 89.6 Å². The average Bonchev–Trinajstić information content (AvgIpc) is 0.970. The molecule has 0 saturated carbocycles. The maximum Gasteiger partial charge on any atom is 0.319 e. The van der Waals surface area contributed by atoms with E-state index in [4.69, 9.17) is 65.7 Å². The molecule has 29 heteroatoms. The van der Waals surface area contributed by atoms with Crippen molar-refractivity contribution in [2.24, 2.45) is 5.92 Å². The number of hydrogen-bond donors (Lipinski definition) is 6. The Kier molecular flexibility index (Phi) is 30.0. The zero-order chi connectivity index (χ0) is 74.5. The third kappa shape index (κ3) is 23.1. The summed E-state index contributed by atoms with van der Waals surface area (Å²) in [5.74, 6) is 1.66. The maximum atomic E-state index is 13.4. The number of urea groups is 1. The fraction of sp³-hybridized carbons (Fsp3) is 0.410. The van der Waals surface area contributed by atoms with Gasteiger partial charge in [0, 0.05) is 149 Å². The number of para-hydroxylation sites is 2. The second-order valence-electron chi connectivity index (χ2n) is 28.0. The van der Waals surface area contributed by atoms with Crippen LogP contribution in [0.2, 0.25) is 20.1 Å². The number of anilines is 1. The molecule has 8 aromatic rings. The van der Waals surface area contributed by atoms with Gasteiger partial charge in [0.25, 0.3) is 17.4 Å². The zero-order valence-electron chi connectivity index (χ0n) is 60.2. The Bertz CT molecular complexity index is 4590. The number of sulfone groups is 1. The molecule has 5 saturated heterocycles. The molecule has 0 bridgehead atoms. The van der Waals surface area contributed by atoms with Crippen LogP contribution in [-0.2, 0) is 16.4 Å². The Balaban J connectivity index is 0.000000346. The van der Waals surface area contributed by atoms with Crippen molar-refractivity contribution in [1.29, 1.82) is 0 Å². The summed E-state index contributed by atoms with van der Waals surface area (Å²) in [4.78, 5) is 63.8. The van der Waals surface area contributed by atoms with Gasteiger partial charge in [0.05, 0.1) is 43.4 Å². The van der Waals surface area contributed by atoms with E-state index < -0.39 is 15.4 Å². The third-order valence-corrected chi connectivity index (χ3v) is 23.2. The number of aromatic nitrogens is 1. The van der Waals surface area contributed by atoms with Gasteiger partial charge in [0.2, 0.25) is 0 Å². The molecule has 0 aliphatic carbocycles. The van der Waals surface area contributed by atoms with Crippen molar-refractivity contribution in [3.05, 3.63) is 198 Å². The lowest BCUT2D eigenvalue weighted by molar-refractivity contribution is -0.0378. The lowest BCUT2D eigenvalue weighted by Gasteiger charge is -2.43. The highest BCUT2D eigenvalue weighted by Crippen LogP contribution is 2.37. The number of amides is 4. The van der Waals surface area contributed by atoms with Gasteiger partial charge in [-0.05, 0) is 183 Å². The van der Waals surface area contributed by atoms with Gasteiger partial charge in [-0.1, -0.05) is 95.8 Å². The van der Waals surface area contributed by atoms with E-state index in [9.17, 15) is 37.1 Å². The molecule has 7 aromatic carbocycles. The second-order valence-corrected chi connectivity index (χ2v) is 32.8. The number of nitrogens with one attached hydrogen (secondary N) is 4. The number of β-amino-alcohol motifs (C(OH)–C–C–N with tert-alkyl or cyclic N) is 1. The summed E-state index contributed by atoms with van der Waals surface area (Å²) < 4.78 is 56.8. The second kappa shape index (κ2) is 38.4. The van der Waals surface area contributed by atoms with E-state index in [0.717, 1.165) is 131 Å². The summed E-state index contributed by atoms with van der Waals surface area (Å²) in [7, 11) is -3.34. The number of aromatic amines is 1. The van der Waals surface area contributed by atoms with Crippen LogP contribution in [0.3, 0.4) is 0 Å². The molecule has 5 aliphatic rings. The monoisotopic (exact) mass is 1600 g/mol. The SMILES string of the molecule is C[C@H](CNC(=O)c1c[nH]c(=O)c2cc(SN3CC(C)(O)C3)ccc12)CN1CCC(Oc2ccc(Cl)c(Cl)c2)CC1.Cc1c(Cl)ccc(OC2CCN(C3CCN(C(=O)c4cccc(S(C)(=O)=O)c4)CC3)CC2)c1Cl.O.O.O=C(Nc1ccccc1OCCO)N[C@@H]1CCN(Cc2ccc3cc(F)ccc3c2)C1.[HH].[HH].[HH].[HH].[HH]. The number of piperidine rings is 3. The number of carbonyl (C=O) groups excluding carboxylic acids is 3. The summed E-state index contributed by atoms with van der Waals surface area (Å²) >= 11 is 26.1. The molecule has 22 nitrogen and oxygen atoms in total. The highest BCUT2D eigenvalue weighted by atomic mass is 35.5. The van der Waals surface area contributed by atoms with Gasteiger partial charge in [-0.15, -0.1) is 0 Å². The zero-order valence-corrected chi connectivity index (χ0v) is 64.9. The predicted octanol–water partition coefficient (Wildman–Crippen LogP) is 13.0. The minimum atomic E-state index is -3.34. The summed E-state index contributed by atoms with van der Waals surface area (Å²) in [6.45, 7) is 15.9. The van der Waals surface area contributed by atoms with Crippen LogP contribution >= 0.6 is 58.4 Å². The van der Waals surface area contributed by atoms with Gasteiger partial charge < -0.3 is 66.1 Å². The number of carbonyl (C=O) groups is 3. The van der Waals surface area contributed by atoms with Crippen LogP contribution < -0.4 is 35.7 Å². The summed E-state index contributed by atoms with van der Waals surface area (Å²) in [6.07, 6.45) is 9.27. The number of pyridine rings is 1. The average molecular weight is 1600 g/mol. The smallest absolute Gasteiger partial charge is 0.319 e. The number of ether oxygens (including phenoxy) is 3. The quantitative estimate of drug-likeness (QED) is 0.0364. The minimum Gasteiger partial charge on any atom is -0.490 e. The molecule has 5 aliphatic heterocycles. The topological polar surface area (TPSA) is 302 Å². The lowest BCUT2D eigenvalue weighted by atomic mass is 9.98. The van der Waals surface area contributed by atoms with Crippen molar-refractivity contribution in [2.75, 3.05) is 103 Å². The van der Waals surface area contributed by atoms with Crippen LogP contribution in [0, 0.1) is 18.7 Å². The Labute approximate surface area is 655 Å². The van der Waals surface area contributed by atoms with Crippen LogP contribution in [0.25, 0.3) is 21.5 Å². The van der Waals surface area contributed by atoms with E-state index >= 15 is 0 Å². The normalized spacial score (nSPS) is 17.7. The van der Waals surface area contributed by atoms with Gasteiger partial charge in [0.1, 0.15) is 41.9 Å². The standard InChI is InChI=1S/C29H34Cl2N4O4S.C25H30Cl2N2O4S.C24H26FN3O3.2H2O.5H2/c1-18(15-34-9-7-19(8-10-34)39-20-3-6-25(30)26(31)11-20)13-32-28(37)24-14-33-27(36)23-12-21(4-5-22(23)24)40-35-16-29(2,38)17-35;1-17-22(26)6-7-23(24(17)27)33-20-10-14-28(15-11-20)19-8-12-29(13-9-19)25(30)18-4-3-5-21(16-18)34(2,31)32;25-20-8-7-18-13-17(5-6-19(18)14-20)15-28-10-9-21(16-28)26-24(30)27-22-3-1-2-4-23(22)31-12-11-29;;;;;;;/h3-6,11-12,14,18-19,38H,7-10,13,15-17H2,1-2H3,(H,32,37)(H,33,36);3-7,16,19-20H,8-15H2,1-2H3;1-8,13-14,21,29H,9-12,15-16H2,(H2,26,27,30);2*1H2;5*1H/t18-;;21-;;;;;;;/m1.1......./s1. The first-order valence-electron chi connectivity index (χ1n) is 35.5. The number of nitrogens with zero attached hydrogens (tertiary/aromatic N) is 5. The van der Waals surface area contributed by atoms with Gasteiger partial charge >= 0.3 is 6.03 Å². The van der Waals surface area contributed by atoms with Crippen LogP contribution in [0.1, 0.15) is 97.8 Å². The fourth-order valence-corrected chi connectivity index (χ4v) is 16.5. The minimum absolute atomic E-state index is 0. The van der Waals surface area contributed by atoms with Crippen molar-refractivity contribution in [3.63, 3.8) is 0 Å². The number of H-pyrrole nitrogens is 1.